The van der Waals surface area contributed by atoms with Crippen molar-refractivity contribution in [1.82, 2.24) is 9.97 Å². The molecule has 3 aromatic rings. The molecule has 1 aliphatic rings. The van der Waals surface area contributed by atoms with Crippen molar-refractivity contribution in [2.24, 2.45) is 0 Å². The summed E-state index contributed by atoms with van der Waals surface area (Å²) in [6.07, 6.45) is 5.27. The van der Waals surface area contributed by atoms with Gasteiger partial charge in [0.2, 0.25) is 0 Å². The summed E-state index contributed by atoms with van der Waals surface area (Å²) in [5.41, 5.74) is 3.56. The van der Waals surface area contributed by atoms with Crippen molar-refractivity contribution in [3.8, 4) is 0 Å². The average molecular weight is 220 g/mol. The average Bonchev–Trinajstić information content (AvgIpc) is 2.39. The normalized spacial score (nSPS) is 14.4. The van der Waals surface area contributed by atoms with Gasteiger partial charge >= 0.3 is 0 Å². The predicted octanol–water partition coefficient (Wildman–Crippen LogP) is 3.27. The first-order chi connectivity index (χ1) is 8.43. The molecule has 0 saturated carbocycles. The molecule has 1 aromatic carbocycles. The Morgan fingerprint density at radius 3 is 2.76 bits per heavy atom. The maximum atomic E-state index is 4.79. The van der Waals surface area contributed by atoms with Crippen LogP contribution >= 0.6 is 0 Å². The second-order valence-electron chi connectivity index (χ2n) is 4.61. The number of rotatable bonds is 0. The molecule has 1 aliphatic carbocycles. The van der Waals surface area contributed by atoms with E-state index in [1.807, 2.05) is 6.20 Å². The van der Waals surface area contributed by atoms with Gasteiger partial charge in [0.05, 0.1) is 16.9 Å². The SMILES string of the molecule is c1ccc2c(c1)nc1c3c(nccc32)CCC1. The number of para-hydroxylation sites is 1. The van der Waals surface area contributed by atoms with Crippen LogP contribution in [0.5, 0.6) is 0 Å². The largest absolute Gasteiger partial charge is 0.261 e. The number of fused-ring (bicyclic) bond motifs is 2. The van der Waals surface area contributed by atoms with E-state index in [9.17, 15) is 0 Å². The van der Waals surface area contributed by atoms with Crippen LogP contribution < -0.4 is 0 Å². The van der Waals surface area contributed by atoms with Crippen molar-refractivity contribution in [2.75, 3.05) is 0 Å². The van der Waals surface area contributed by atoms with E-state index in [0.717, 1.165) is 18.4 Å². The lowest BCUT2D eigenvalue weighted by atomic mass is 9.94. The minimum Gasteiger partial charge on any atom is -0.261 e. The summed E-state index contributed by atoms with van der Waals surface area (Å²) in [5, 5.41) is 3.87. The number of nitrogens with zero attached hydrogens (tertiary/aromatic N) is 2. The fraction of sp³-hybridized carbons (Fsp3) is 0.200. The van der Waals surface area contributed by atoms with E-state index in [4.69, 9.17) is 4.98 Å². The maximum absolute atomic E-state index is 4.79. The van der Waals surface area contributed by atoms with Crippen LogP contribution in [-0.2, 0) is 12.8 Å². The molecular formula is C15H12N2. The summed E-state index contributed by atoms with van der Waals surface area (Å²) in [4.78, 5) is 9.30. The van der Waals surface area contributed by atoms with E-state index in [1.54, 1.807) is 0 Å². The molecule has 0 saturated heterocycles. The highest BCUT2D eigenvalue weighted by atomic mass is 14.7. The Hall–Kier alpha value is -1.96. The van der Waals surface area contributed by atoms with Crippen LogP contribution in [0.2, 0.25) is 0 Å². The standard InChI is InChI=1S/C15H12N2/c1-2-5-12-10(4-1)11-8-9-16-13-6-3-7-14(17-12)15(11)13/h1-2,4-5,8-9H,3,6-7H2. The third-order valence-electron chi connectivity index (χ3n) is 3.59. The summed E-state index contributed by atoms with van der Waals surface area (Å²) < 4.78 is 0. The van der Waals surface area contributed by atoms with Crippen molar-refractivity contribution in [3.63, 3.8) is 0 Å². The van der Waals surface area contributed by atoms with E-state index in [0.29, 0.717) is 0 Å². The van der Waals surface area contributed by atoms with Crippen LogP contribution in [0.4, 0.5) is 0 Å². The van der Waals surface area contributed by atoms with Gasteiger partial charge in [0.15, 0.2) is 0 Å². The lowest BCUT2D eigenvalue weighted by Gasteiger charge is -2.16. The Labute approximate surface area is 99.3 Å². The molecule has 4 rings (SSSR count). The quantitative estimate of drug-likeness (QED) is 0.543. The predicted molar refractivity (Wildman–Crippen MR) is 69.1 cm³/mol. The molecule has 2 heteroatoms. The van der Waals surface area contributed by atoms with Gasteiger partial charge in [0.1, 0.15) is 0 Å². The van der Waals surface area contributed by atoms with Gasteiger partial charge in [-0.3, -0.25) is 9.97 Å². The van der Waals surface area contributed by atoms with Gasteiger partial charge in [0.25, 0.3) is 0 Å². The van der Waals surface area contributed by atoms with E-state index in [1.165, 1.54) is 34.0 Å². The molecule has 0 N–H and O–H groups in total. The number of aromatic nitrogens is 2. The van der Waals surface area contributed by atoms with Crippen LogP contribution in [0.3, 0.4) is 0 Å². The third kappa shape index (κ3) is 1.21. The van der Waals surface area contributed by atoms with E-state index < -0.39 is 0 Å². The second kappa shape index (κ2) is 3.27. The molecule has 2 nitrogen and oxygen atoms in total. The topological polar surface area (TPSA) is 25.8 Å². The van der Waals surface area contributed by atoms with Crippen molar-refractivity contribution >= 4 is 21.7 Å². The number of benzene rings is 1. The lowest BCUT2D eigenvalue weighted by molar-refractivity contribution is 0.769. The molecule has 17 heavy (non-hydrogen) atoms. The van der Waals surface area contributed by atoms with Crippen molar-refractivity contribution in [2.45, 2.75) is 19.3 Å². The molecule has 0 amide bonds. The lowest BCUT2D eigenvalue weighted by Crippen LogP contribution is -2.05. The Balaban J connectivity index is 2.30. The number of pyridine rings is 2. The van der Waals surface area contributed by atoms with E-state index in [-0.39, 0.29) is 0 Å². The molecule has 2 heterocycles. The highest BCUT2D eigenvalue weighted by molar-refractivity contribution is 6.07. The Morgan fingerprint density at radius 2 is 1.76 bits per heavy atom. The van der Waals surface area contributed by atoms with E-state index in [2.05, 4.69) is 35.3 Å². The smallest absolute Gasteiger partial charge is 0.0711 e. The fourth-order valence-electron chi connectivity index (χ4n) is 2.85. The van der Waals surface area contributed by atoms with Gasteiger partial charge < -0.3 is 0 Å². The maximum Gasteiger partial charge on any atom is 0.0711 e. The first-order valence-electron chi connectivity index (χ1n) is 6.09. The molecule has 2 aromatic heterocycles. The van der Waals surface area contributed by atoms with Gasteiger partial charge in [-0.15, -0.1) is 0 Å². The fourth-order valence-corrected chi connectivity index (χ4v) is 2.85. The highest BCUT2D eigenvalue weighted by Gasteiger charge is 2.16. The Morgan fingerprint density at radius 1 is 0.882 bits per heavy atom. The highest BCUT2D eigenvalue weighted by Crippen LogP contribution is 2.31. The van der Waals surface area contributed by atoms with Crippen LogP contribution in [-0.4, -0.2) is 9.97 Å². The first-order valence-corrected chi connectivity index (χ1v) is 6.09. The van der Waals surface area contributed by atoms with Gasteiger partial charge in [0, 0.05) is 17.0 Å². The molecule has 0 aliphatic heterocycles. The molecule has 0 unspecified atom stereocenters. The summed E-state index contributed by atoms with van der Waals surface area (Å²) in [5.74, 6) is 0. The van der Waals surface area contributed by atoms with Crippen LogP contribution in [0.1, 0.15) is 17.8 Å². The zero-order valence-electron chi connectivity index (χ0n) is 9.48. The van der Waals surface area contributed by atoms with Crippen molar-refractivity contribution < 1.29 is 0 Å². The van der Waals surface area contributed by atoms with Crippen molar-refractivity contribution in [1.29, 1.82) is 0 Å². The summed E-state index contributed by atoms with van der Waals surface area (Å²) >= 11 is 0. The second-order valence-corrected chi connectivity index (χ2v) is 4.61. The minimum absolute atomic E-state index is 1.08. The number of aryl methyl sites for hydroxylation is 2. The van der Waals surface area contributed by atoms with Gasteiger partial charge in [-0.05, 0) is 36.8 Å². The minimum atomic E-state index is 1.08. The molecular weight excluding hydrogens is 208 g/mol. The molecule has 0 fully saturated rings. The zero-order chi connectivity index (χ0) is 11.2. The monoisotopic (exact) mass is 220 g/mol. The van der Waals surface area contributed by atoms with Gasteiger partial charge in [-0.25, -0.2) is 0 Å². The van der Waals surface area contributed by atoms with E-state index >= 15 is 0 Å². The molecule has 0 radical (unpaired) electrons. The van der Waals surface area contributed by atoms with Crippen molar-refractivity contribution in [3.05, 3.63) is 47.9 Å². The summed E-state index contributed by atoms with van der Waals surface area (Å²) in [6.45, 7) is 0. The first kappa shape index (κ1) is 9.11. The van der Waals surface area contributed by atoms with Crippen LogP contribution in [0.25, 0.3) is 21.7 Å². The molecule has 0 atom stereocenters. The third-order valence-corrected chi connectivity index (χ3v) is 3.59. The zero-order valence-corrected chi connectivity index (χ0v) is 9.48. The molecule has 0 bridgehead atoms. The van der Waals surface area contributed by atoms with Gasteiger partial charge in [-0.2, -0.15) is 0 Å². The summed E-state index contributed by atoms with van der Waals surface area (Å²) in [6, 6.07) is 10.5. The van der Waals surface area contributed by atoms with Crippen LogP contribution in [0, 0.1) is 0 Å². The van der Waals surface area contributed by atoms with Gasteiger partial charge in [-0.1, -0.05) is 18.2 Å². The molecule has 0 spiro atoms. The van der Waals surface area contributed by atoms with Crippen LogP contribution in [0.15, 0.2) is 36.5 Å². The Bertz CT molecular complexity index is 731. The number of hydrogen-bond acceptors (Lipinski definition) is 2. The Kier molecular flexibility index (Phi) is 1.75. The summed E-state index contributed by atoms with van der Waals surface area (Å²) in [7, 11) is 0. The number of hydrogen-bond donors (Lipinski definition) is 0. The molecule has 82 valence electrons.